The number of rotatable bonds is 2. The Labute approximate surface area is 118 Å². The normalized spacial score (nSPS) is 20.2. The summed E-state index contributed by atoms with van der Waals surface area (Å²) >= 11 is 1.87. The Bertz CT molecular complexity index is 559. The summed E-state index contributed by atoms with van der Waals surface area (Å²) in [4.78, 5) is 8.42. The monoisotopic (exact) mass is 273 g/mol. The Kier molecular flexibility index (Phi) is 3.29. The number of hydrogen-bond donors (Lipinski definition) is 1. The summed E-state index contributed by atoms with van der Waals surface area (Å²) in [5.74, 6) is 0. The first-order valence-electron chi connectivity index (χ1n) is 6.71. The Morgan fingerprint density at radius 2 is 2.26 bits per heavy atom. The number of thiophene rings is 1. The van der Waals surface area contributed by atoms with E-state index in [2.05, 4.69) is 34.3 Å². The molecular formula is C15H19N3S. The van der Waals surface area contributed by atoms with Crippen LogP contribution in [-0.2, 0) is 6.42 Å². The number of anilines is 1. The predicted molar refractivity (Wildman–Crippen MR) is 80.6 cm³/mol. The summed E-state index contributed by atoms with van der Waals surface area (Å²) in [5, 5.41) is 2.20. The topological polar surface area (TPSA) is 42.1 Å². The van der Waals surface area contributed by atoms with Gasteiger partial charge in [-0.1, -0.05) is 0 Å². The minimum Gasteiger partial charge on any atom is -0.363 e. The zero-order chi connectivity index (χ0) is 13.4. The molecule has 2 unspecified atom stereocenters. The van der Waals surface area contributed by atoms with Gasteiger partial charge in [0.25, 0.3) is 0 Å². The van der Waals surface area contributed by atoms with E-state index in [4.69, 9.17) is 5.73 Å². The minimum absolute atomic E-state index is 0.00342. The molecule has 2 aromatic heterocycles. The van der Waals surface area contributed by atoms with Crippen LogP contribution in [0.25, 0.3) is 0 Å². The van der Waals surface area contributed by atoms with Gasteiger partial charge in [-0.3, -0.25) is 4.98 Å². The van der Waals surface area contributed by atoms with Crippen LogP contribution in [-0.4, -0.2) is 11.5 Å². The first-order valence-corrected chi connectivity index (χ1v) is 7.59. The first kappa shape index (κ1) is 12.6. The van der Waals surface area contributed by atoms with Crippen molar-refractivity contribution in [3.8, 4) is 0 Å². The first-order chi connectivity index (χ1) is 9.16. The molecule has 2 N–H and O–H groups in total. The quantitative estimate of drug-likeness (QED) is 0.913. The second-order valence-electron chi connectivity index (χ2n) is 5.15. The average Bonchev–Trinajstić information content (AvgIpc) is 2.88. The molecule has 0 fully saturated rings. The molecular weight excluding hydrogens is 254 g/mol. The zero-order valence-corrected chi connectivity index (χ0v) is 12.2. The second-order valence-corrected chi connectivity index (χ2v) is 6.15. The van der Waals surface area contributed by atoms with Gasteiger partial charge < -0.3 is 10.6 Å². The van der Waals surface area contributed by atoms with Crippen LogP contribution in [0.15, 0.2) is 29.8 Å². The molecule has 0 aliphatic carbocycles. The number of nitrogens with two attached hydrogens (primary N) is 1. The molecule has 0 bridgehead atoms. The molecule has 2 atom stereocenters. The van der Waals surface area contributed by atoms with Gasteiger partial charge in [-0.05, 0) is 49.4 Å². The number of pyridine rings is 1. The molecule has 1 aliphatic heterocycles. The molecule has 4 heteroatoms. The van der Waals surface area contributed by atoms with E-state index >= 15 is 0 Å². The summed E-state index contributed by atoms with van der Waals surface area (Å²) in [6.07, 6.45) is 3.08. The molecule has 100 valence electrons. The molecule has 0 amide bonds. The maximum Gasteiger partial charge on any atom is 0.0569 e. The highest BCUT2D eigenvalue weighted by Crippen LogP contribution is 2.35. The molecule has 3 heterocycles. The highest BCUT2D eigenvalue weighted by Gasteiger charge is 2.24. The summed E-state index contributed by atoms with van der Waals surface area (Å²) in [5.41, 5.74) is 9.45. The summed E-state index contributed by atoms with van der Waals surface area (Å²) in [6, 6.07) is 6.85. The third-order valence-electron chi connectivity index (χ3n) is 3.85. The van der Waals surface area contributed by atoms with Gasteiger partial charge in [0.05, 0.1) is 23.6 Å². The largest absolute Gasteiger partial charge is 0.363 e. The fraction of sp³-hybridized carbons (Fsp3) is 0.400. The Morgan fingerprint density at radius 3 is 2.95 bits per heavy atom. The number of fused-ring (bicyclic) bond motifs is 1. The summed E-state index contributed by atoms with van der Waals surface area (Å²) in [6.45, 7) is 5.29. The summed E-state index contributed by atoms with van der Waals surface area (Å²) in [7, 11) is 0. The Balaban J connectivity index is 1.87. The molecule has 19 heavy (non-hydrogen) atoms. The molecule has 0 saturated carbocycles. The van der Waals surface area contributed by atoms with Crippen molar-refractivity contribution in [3.05, 3.63) is 45.9 Å². The van der Waals surface area contributed by atoms with E-state index in [0.717, 1.165) is 18.7 Å². The van der Waals surface area contributed by atoms with Crippen LogP contribution in [0.3, 0.4) is 0 Å². The Hall–Kier alpha value is -1.39. The molecule has 3 nitrogen and oxygen atoms in total. The smallest absolute Gasteiger partial charge is 0.0569 e. The van der Waals surface area contributed by atoms with Crippen LogP contribution < -0.4 is 10.6 Å². The molecule has 0 spiro atoms. The van der Waals surface area contributed by atoms with Crippen LogP contribution in [0.4, 0.5) is 5.69 Å². The van der Waals surface area contributed by atoms with Gasteiger partial charge in [-0.25, -0.2) is 0 Å². The van der Waals surface area contributed by atoms with Gasteiger partial charge in [-0.2, -0.15) is 0 Å². The third-order valence-corrected chi connectivity index (χ3v) is 4.84. The van der Waals surface area contributed by atoms with E-state index in [0.29, 0.717) is 6.04 Å². The number of hydrogen-bond acceptors (Lipinski definition) is 4. The van der Waals surface area contributed by atoms with Gasteiger partial charge in [0.1, 0.15) is 0 Å². The molecule has 2 aromatic rings. The van der Waals surface area contributed by atoms with Crippen molar-refractivity contribution in [2.45, 2.75) is 32.4 Å². The predicted octanol–water partition coefficient (Wildman–Crippen LogP) is 3.29. The van der Waals surface area contributed by atoms with Gasteiger partial charge >= 0.3 is 0 Å². The number of nitrogens with zero attached hydrogens (tertiary/aromatic N) is 2. The molecule has 3 rings (SSSR count). The van der Waals surface area contributed by atoms with Crippen molar-refractivity contribution in [1.82, 2.24) is 4.98 Å². The average molecular weight is 273 g/mol. The lowest BCUT2D eigenvalue weighted by molar-refractivity contribution is 0.631. The lowest BCUT2D eigenvalue weighted by atomic mass is 10.0. The molecule has 0 aromatic carbocycles. The van der Waals surface area contributed by atoms with Crippen molar-refractivity contribution in [2.24, 2.45) is 5.73 Å². The molecule has 0 radical (unpaired) electrons. The van der Waals surface area contributed by atoms with E-state index < -0.39 is 0 Å². The highest BCUT2D eigenvalue weighted by molar-refractivity contribution is 7.10. The van der Waals surface area contributed by atoms with Crippen molar-refractivity contribution in [3.63, 3.8) is 0 Å². The minimum atomic E-state index is -0.00342. The van der Waals surface area contributed by atoms with E-state index in [1.54, 1.807) is 0 Å². The third kappa shape index (κ3) is 2.26. The highest BCUT2D eigenvalue weighted by atomic mass is 32.1. The van der Waals surface area contributed by atoms with Gasteiger partial charge in [0.2, 0.25) is 0 Å². The van der Waals surface area contributed by atoms with E-state index in [9.17, 15) is 0 Å². The standard InChI is InChI=1S/C15H19N3S/c1-10(16)14-4-3-12(9-17-14)18-7-5-15-13(11(18)2)6-8-19-15/h3-4,6,8-11H,5,7,16H2,1-2H3. The fourth-order valence-corrected chi connectivity index (χ4v) is 3.66. The van der Waals surface area contributed by atoms with Crippen LogP contribution in [0.1, 0.15) is 42.1 Å². The van der Waals surface area contributed by atoms with E-state index in [1.807, 2.05) is 30.5 Å². The molecule has 0 saturated heterocycles. The zero-order valence-electron chi connectivity index (χ0n) is 11.3. The van der Waals surface area contributed by atoms with Gasteiger partial charge in [0.15, 0.2) is 0 Å². The van der Waals surface area contributed by atoms with Crippen LogP contribution in [0.2, 0.25) is 0 Å². The maximum absolute atomic E-state index is 5.84. The van der Waals surface area contributed by atoms with Crippen molar-refractivity contribution in [2.75, 3.05) is 11.4 Å². The Morgan fingerprint density at radius 1 is 1.42 bits per heavy atom. The van der Waals surface area contributed by atoms with Crippen molar-refractivity contribution in [1.29, 1.82) is 0 Å². The van der Waals surface area contributed by atoms with Crippen LogP contribution >= 0.6 is 11.3 Å². The number of aromatic nitrogens is 1. The van der Waals surface area contributed by atoms with Crippen molar-refractivity contribution < 1.29 is 0 Å². The van der Waals surface area contributed by atoms with Gasteiger partial charge in [-0.15, -0.1) is 11.3 Å². The van der Waals surface area contributed by atoms with Crippen LogP contribution in [0.5, 0.6) is 0 Å². The SMILES string of the molecule is CC(N)c1ccc(N2CCc3sccc3C2C)cn1. The van der Waals surface area contributed by atoms with E-state index in [1.165, 1.54) is 16.1 Å². The lowest BCUT2D eigenvalue weighted by Gasteiger charge is -2.35. The lowest BCUT2D eigenvalue weighted by Crippen LogP contribution is -2.33. The second kappa shape index (κ2) is 4.94. The van der Waals surface area contributed by atoms with Gasteiger partial charge in [0, 0.05) is 17.5 Å². The van der Waals surface area contributed by atoms with Crippen LogP contribution in [0, 0.1) is 0 Å². The van der Waals surface area contributed by atoms with E-state index in [-0.39, 0.29) is 6.04 Å². The summed E-state index contributed by atoms with van der Waals surface area (Å²) < 4.78 is 0. The molecule has 1 aliphatic rings. The maximum atomic E-state index is 5.84. The fourth-order valence-electron chi connectivity index (χ4n) is 2.70. The van der Waals surface area contributed by atoms with Crippen molar-refractivity contribution >= 4 is 17.0 Å².